The topological polar surface area (TPSA) is 76.6 Å². The lowest BCUT2D eigenvalue weighted by atomic mass is 9.98. The molecule has 3 aromatic carbocycles. The maximum Gasteiger partial charge on any atom is 0.364 e. The van der Waals surface area contributed by atoms with Crippen LogP contribution in [0.2, 0.25) is 0 Å². The summed E-state index contributed by atoms with van der Waals surface area (Å²) in [6, 6.07) is 23.1. The maximum absolute atomic E-state index is 13.3. The number of imide groups is 1. The van der Waals surface area contributed by atoms with Crippen LogP contribution in [0.15, 0.2) is 78.9 Å². The van der Waals surface area contributed by atoms with E-state index in [0.717, 1.165) is 5.56 Å². The van der Waals surface area contributed by atoms with Crippen LogP contribution >= 0.6 is 0 Å². The van der Waals surface area contributed by atoms with Gasteiger partial charge in [-0.2, -0.15) is 0 Å². The Labute approximate surface area is 177 Å². The van der Waals surface area contributed by atoms with Gasteiger partial charge in [0.15, 0.2) is 0 Å². The van der Waals surface area contributed by atoms with Gasteiger partial charge in [0.05, 0.1) is 27.9 Å². The van der Waals surface area contributed by atoms with Gasteiger partial charge in [-0.15, -0.1) is 0 Å². The van der Waals surface area contributed by atoms with Crippen molar-refractivity contribution in [2.75, 3.05) is 0 Å². The number of benzene rings is 3. The van der Waals surface area contributed by atoms with Gasteiger partial charge in [0, 0.05) is 10.9 Å². The van der Waals surface area contributed by atoms with Crippen LogP contribution in [0.25, 0.3) is 22.2 Å². The van der Waals surface area contributed by atoms with Gasteiger partial charge in [0.1, 0.15) is 0 Å². The highest BCUT2D eigenvalue weighted by molar-refractivity contribution is 6.21. The van der Waals surface area contributed by atoms with Crippen LogP contribution in [0.3, 0.4) is 0 Å². The Morgan fingerprint density at radius 1 is 0.806 bits per heavy atom. The Morgan fingerprint density at radius 2 is 1.39 bits per heavy atom. The van der Waals surface area contributed by atoms with E-state index in [1.165, 1.54) is 12.1 Å². The molecule has 0 bridgehead atoms. The molecular formula is C25H16N2O4. The predicted molar refractivity (Wildman–Crippen MR) is 114 cm³/mol. The summed E-state index contributed by atoms with van der Waals surface area (Å²) < 4.78 is 0. The van der Waals surface area contributed by atoms with Crippen molar-refractivity contribution in [3.63, 3.8) is 0 Å². The van der Waals surface area contributed by atoms with E-state index in [1.807, 2.05) is 36.4 Å². The third kappa shape index (κ3) is 2.97. The van der Waals surface area contributed by atoms with E-state index in [1.54, 1.807) is 37.3 Å². The summed E-state index contributed by atoms with van der Waals surface area (Å²) in [6.45, 7) is 1.78. The Hall–Kier alpha value is -4.32. The SMILES string of the molecule is Cc1c(-c2ccccc2)nc2ccccc2c1C(=O)ON1C(=O)c2ccccc2C1=O. The number of hydrogen-bond donors (Lipinski definition) is 0. The Kier molecular flexibility index (Phi) is 4.33. The zero-order chi connectivity index (χ0) is 21.5. The van der Waals surface area contributed by atoms with Gasteiger partial charge in [-0.3, -0.25) is 9.59 Å². The molecule has 1 aliphatic heterocycles. The van der Waals surface area contributed by atoms with Gasteiger partial charge >= 0.3 is 5.97 Å². The van der Waals surface area contributed by atoms with Crippen LogP contribution in [-0.2, 0) is 4.84 Å². The highest BCUT2D eigenvalue weighted by atomic mass is 16.7. The Morgan fingerprint density at radius 3 is 2.06 bits per heavy atom. The van der Waals surface area contributed by atoms with Crippen molar-refractivity contribution in [3.8, 4) is 11.3 Å². The Balaban J connectivity index is 1.60. The number of fused-ring (bicyclic) bond motifs is 2. The van der Waals surface area contributed by atoms with Crippen LogP contribution in [0.4, 0.5) is 0 Å². The lowest BCUT2D eigenvalue weighted by molar-refractivity contribution is -0.0583. The second kappa shape index (κ2) is 7.18. The molecule has 31 heavy (non-hydrogen) atoms. The minimum atomic E-state index is -0.789. The van der Waals surface area contributed by atoms with Crippen molar-refractivity contribution in [1.82, 2.24) is 10.0 Å². The summed E-state index contributed by atoms with van der Waals surface area (Å²) in [4.78, 5) is 48.6. The monoisotopic (exact) mass is 408 g/mol. The second-order valence-corrected chi connectivity index (χ2v) is 7.17. The fourth-order valence-electron chi connectivity index (χ4n) is 3.83. The molecule has 0 fully saturated rings. The molecule has 4 aromatic rings. The summed E-state index contributed by atoms with van der Waals surface area (Å²) in [5, 5.41) is 1.12. The van der Waals surface area contributed by atoms with E-state index in [2.05, 4.69) is 0 Å². The summed E-state index contributed by atoms with van der Waals surface area (Å²) >= 11 is 0. The molecule has 1 aliphatic rings. The van der Waals surface area contributed by atoms with E-state index in [4.69, 9.17) is 9.82 Å². The van der Waals surface area contributed by atoms with E-state index < -0.39 is 17.8 Å². The van der Waals surface area contributed by atoms with Crippen LogP contribution in [0.5, 0.6) is 0 Å². The van der Waals surface area contributed by atoms with E-state index in [0.29, 0.717) is 27.2 Å². The zero-order valence-electron chi connectivity index (χ0n) is 16.5. The first-order chi connectivity index (χ1) is 15.1. The van der Waals surface area contributed by atoms with E-state index >= 15 is 0 Å². The van der Waals surface area contributed by atoms with Crippen LogP contribution < -0.4 is 0 Å². The molecule has 1 aromatic heterocycles. The van der Waals surface area contributed by atoms with Crippen LogP contribution in [0, 0.1) is 6.92 Å². The van der Waals surface area contributed by atoms with E-state index in [-0.39, 0.29) is 16.7 Å². The lowest BCUT2D eigenvalue weighted by Gasteiger charge is -2.17. The average Bonchev–Trinajstić information content (AvgIpc) is 3.04. The predicted octanol–water partition coefficient (Wildman–Crippen LogP) is 4.58. The fraction of sp³-hybridized carbons (Fsp3) is 0.0400. The largest absolute Gasteiger partial charge is 0.364 e. The van der Waals surface area contributed by atoms with Gasteiger partial charge in [-0.05, 0) is 30.7 Å². The number of pyridine rings is 1. The number of aromatic nitrogens is 1. The highest BCUT2D eigenvalue weighted by Gasteiger charge is 2.39. The van der Waals surface area contributed by atoms with Gasteiger partial charge in [-0.1, -0.05) is 65.7 Å². The number of para-hydroxylation sites is 1. The number of hydroxylamine groups is 2. The number of nitrogens with zero attached hydrogens (tertiary/aromatic N) is 2. The first-order valence-corrected chi connectivity index (χ1v) is 9.71. The molecule has 6 nitrogen and oxygen atoms in total. The number of amides is 2. The minimum Gasteiger partial charge on any atom is -0.324 e. The summed E-state index contributed by atoms with van der Waals surface area (Å²) in [5.41, 5.74) is 3.38. The number of hydrogen-bond acceptors (Lipinski definition) is 5. The summed E-state index contributed by atoms with van der Waals surface area (Å²) in [7, 11) is 0. The molecule has 0 saturated carbocycles. The first-order valence-electron chi connectivity index (χ1n) is 9.71. The third-order valence-corrected chi connectivity index (χ3v) is 5.32. The zero-order valence-corrected chi connectivity index (χ0v) is 16.5. The third-order valence-electron chi connectivity index (χ3n) is 5.32. The van der Waals surface area contributed by atoms with Crippen molar-refractivity contribution < 1.29 is 19.2 Å². The highest BCUT2D eigenvalue weighted by Crippen LogP contribution is 2.31. The van der Waals surface area contributed by atoms with Crippen molar-refractivity contribution in [2.45, 2.75) is 6.92 Å². The second-order valence-electron chi connectivity index (χ2n) is 7.17. The van der Waals surface area contributed by atoms with Crippen LogP contribution in [-0.4, -0.2) is 27.8 Å². The van der Waals surface area contributed by atoms with Gasteiger partial charge in [-0.25, -0.2) is 9.78 Å². The molecule has 0 radical (unpaired) electrons. The minimum absolute atomic E-state index is 0.210. The molecule has 2 heterocycles. The van der Waals surface area contributed by atoms with E-state index in [9.17, 15) is 14.4 Å². The molecule has 150 valence electrons. The average molecular weight is 408 g/mol. The number of rotatable bonds is 3. The molecule has 0 unspecified atom stereocenters. The number of carbonyl (C=O) groups is 3. The van der Waals surface area contributed by atoms with Crippen molar-refractivity contribution in [2.24, 2.45) is 0 Å². The smallest absolute Gasteiger partial charge is 0.324 e. The van der Waals surface area contributed by atoms with Gasteiger partial charge < -0.3 is 4.84 Å². The summed E-state index contributed by atoms with van der Waals surface area (Å²) in [6.07, 6.45) is 0. The summed E-state index contributed by atoms with van der Waals surface area (Å²) in [5.74, 6) is -2.11. The molecule has 5 rings (SSSR count). The molecule has 0 N–H and O–H groups in total. The number of carbonyl (C=O) groups excluding carboxylic acids is 3. The van der Waals surface area contributed by atoms with Crippen LogP contribution in [0.1, 0.15) is 36.6 Å². The van der Waals surface area contributed by atoms with Crippen molar-refractivity contribution in [3.05, 3.63) is 101 Å². The lowest BCUT2D eigenvalue weighted by Crippen LogP contribution is -2.33. The normalized spacial score (nSPS) is 12.9. The fourth-order valence-corrected chi connectivity index (χ4v) is 3.83. The van der Waals surface area contributed by atoms with Crippen molar-refractivity contribution >= 4 is 28.7 Å². The molecule has 0 spiro atoms. The van der Waals surface area contributed by atoms with Gasteiger partial charge in [0.2, 0.25) is 0 Å². The molecule has 2 amide bonds. The molecule has 0 aliphatic carbocycles. The maximum atomic E-state index is 13.3. The molecular weight excluding hydrogens is 392 g/mol. The van der Waals surface area contributed by atoms with Crippen molar-refractivity contribution in [1.29, 1.82) is 0 Å². The van der Waals surface area contributed by atoms with Gasteiger partial charge in [0.25, 0.3) is 11.8 Å². The Bertz CT molecular complexity index is 1340. The first kappa shape index (κ1) is 18.7. The molecule has 0 saturated heterocycles. The molecule has 6 heteroatoms. The molecule has 0 atom stereocenters. The quantitative estimate of drug-likeness (QED) is 0.464. The standard InChI is InChI=1S/C25H16N2O4/c1-15-21(25(30)31-27-23(28)17-11-5-6-12-18(17)24(27)29)19-13-7-8-14-20(19)26-22(15)16-9-3-2-4-10-16/h2-14H,1H3.